The van der Waals surface area contributed by atoms with Gasteiger partial charge in [0.15, 0.2) is 5.65 Å². The first-order valence-electron chi connectivity index (χ1n) is 13.2. The van der Waals surface area contributed by atoms with Gasteiger partial charge >= 0.3 is 6.18 Å². The van der Waals surface area contributed by atoms with Crippen LogP contribution in [0.3, 0.4) is 0 Å². The minimum atomic E-state index is -4.45. The molecule has 2 aliphatic rings. The van der Waals surface area contributed by atoms with Crippen LogP contribution in [0.2, 0.25) is 10.0 Å². The van der Waals surface area contributed by atoms with Crippen LogP contribution in [0, 0.1) is 0 Å². The molecule has 5 aromatic rings. The van der Waals surface area contributed by atoms with E-state index in [1.807, 2.05) is 36.4 Å². The largest absolute Gasteiger partial charge is 0.416 e. The van der Waals surface area contributed by atoms with E-state index in [0.29, 0.717) is 57.0 Å². The van der Waals surface area contributed by atoms with Crippen molar-refractivity contribution in [3.63, 3.8) is 0 Å². The van der Waals surface area contributed by atoms with Crippen molar-refractivity contribution in [2.24, 2.45) is 0 Å². The number of fused-ring (bicyclic) bond motifs is 1. The fourth-order valence-electron chi connectivity index (χ4n) is 5.98. The van der Waals surface area contributed by atoms with Crippen molar-refractivity contribution in [1.29, 1.82) is 0 Å². The molecule has 2 aromatic heterocycles. The molecular formula is C31H23Cl2F3N4O. The van der Waals surface area contributed by atoms with Gasteiger partial charge in [-0.3, -0.25) is 0 Å². The quantitative estimate of drug-likeness (QED) is 0.228. The van der Waals surface area contributed by atoms with Gasteiger partial charge in [0.05, 0.1) is 33.5 Å². The molecule has 2 atom stereocenters. The Hall–Kier alpha value is -3.59. The summed E-state index contributed by atoms with van der Waals surface area (Å²) in [6.45, 7) is 0.717. The fourth-order valence-corrected chi connectivity index (χ4v) is 6.33. The lowest BCUT2D eigenvalue weighted by Crippen LogP contribution is -2.35. The van der Waals surface area contributed by atoms with Crippen molar-refractivity contribution < 1.29 is 18.3 Å². The first-order valence-corrected chi connectivity index (χ1v) is 14.0. The Morgan fingerprint density at radius 3 is 2.27 bits per heavy atom. The maximum atomic E-state index is 13.4. The van der Waals surface area contributed by atoms with Crippen LogP contribution in [0.15, 0.2) is 78.9 Å². The van der Waals surface area contributed by atoms with Crippen molar-refractivity contribution in [2.75, 3.05) is 11.4 Å². The summed E-state index contributed by atoms with van der Waals surface area (Å²) in [5, 5.41) is 16.6. The van der Waals surface area contributed by atoms with Crippen LogP contribution in [0.1, 0.15) is 24.8 Å². The third-order valence-corrected chi connectivity index (χ3v) is 8.74. The zero-order valence-corrected chi connectivity index (χ0v) is 23.0. The second-order valence-electron chi connectivity index (χ2n) is 10.6. The normalized spacial score (nSPS) is 20.3. The van der Waals surface area contributed by atoms with E-state index in [1.165, 1.54) is 12.1 Å². The van der Waals surface area contributed by atoms with Crippen molar-refractivity contribution >= 4 is 34.7 Å². The van der Waals surface area contributed by atoms with E-state index in [9.17, 15) is 18.3 Å². The number of anilines is 1. The lowest BCUT2D eigenvalue weighted by atomic mass is 10.0. The summed E-state index contributed by atoms with van der Waals surface area (Å²) in [6.07, 6.45) is -2.48. The Morgan fingerprint density at radius 2 is 1.61 bits per heavy atom. The zero-order chi connectivity index (χ0) is 28.5. The van der Waals surface area contributed by atoms with Crippen LogP contribution >= 0.6 is 23.2 Å². The smallest absolute Gasteiger partial charge is 0.391 e. The predicted octanol–water partition coefficient (Wildman–Crippen LogP) is 8.16. The fraction of sp³-hybridized carbons (Fsp3) is 0.226. The molecule has 0 radical (unpaired) electrons. The number of rotatable bonds is 4. The van der Waals surface area contributed by atoms with Gasteiger partial charge in [-0.1, -0.05) is 65.7 Å². The number of hydrogen-bond acceptors (Lipinski definition) is 4. The average Bonchev–Trinajstić information content (AvgIpc) is 3.25. The molecule has 1 N–H and O–H groups in total. The zero-order valence-electron chi connectivity index (χ0n) is 21.5. The van der Waals surface area contributed by atoms with Crippen LogP contribution in [0.4, 0.5) is 19.0 Å². The van der Waals surface area contributed by atoms with E-state index >= 15 is 0 Å². The highest BCUT2D eigenvalue weighted by Gasteiger charge is 2.60. The number of hydrogen-bond donors (Lipinski definition) is 1. The molecule has 5 nitrogen and oxygen atoms in total. The van der Waals surface area contributed by atoms with Crippen LogP contribution in [0.5, 0.6) is 0 Å². The maximum Gasteiger partial charge on any atom is 0.416 e. The van der Waals surface area contributed by atoms with Gasteiger partial charge in [-0.05, 0) is 48.7 Å². The van der Waals surface area contributed by atoms with Gasteiger partial charge in [0.25, 0.3) is 0 Å². The number of benzene rings is 3. The number of aliphatic hydroxyl groups excluding tert-OH is 1. The molecule has 1 aliphatic carbocycles. The predicted molar refractivity (Wildman–Crippen MR) is 154 cm³/mol. The van der Waals surface area contributed by atoms with E-state index in [0.717, 1.165) is 36.1 Å². The summed E-state index contributed by atoms with van der Waals surface area (Å²) in [6, 6.07) is 21.6. The number of aromatic nitrogens is 3. The summed E-state index contributed by atoms with van der Waals surface area (Å²) >= 11 is 12.9. The van der Waals surface area contributed by atoms with Gasteiger partial charge in [-0.15, -0.1) is 0 Å². The van der Waals surface area contributed by atoms with Crippen molar-refractivity contribution in [2.45, 2.75) is 37.1 Å². The van der Waals surface area contributed by atoms with E-state index in [1.54, 1.807) is 22.7 Å². The molecule has 1 unspecified atom stereocenters. The summed E-state index contributed by atoms with van der Waals surface area (Å²) in [5.41, 5.74) is 3.35. The lowest BCUT2D eigenvalue weighted by Gasteiger charge is -2.26. The van der Waals surface area contributed by atoms with E-state index in [4.69, 9.17) is 33.3 Å². The highest BCUT2D eigenvalue weighted by Crippen LogP contribution is 2.52. The molecule has 1 spiro atoms. The highest BCUT2D eigenvalue weighted by molar-refractivity contribution is 6.33. The second-order valence-corrected chi connectivity index (χ2v) is 11.4. The molecule has 2 fully saturated rings. The molecule has 208 valence electrons. The minimum absolute atomic E-state index is 0.366. The molecule has 0 bridgehead atoms. The van der Waals surface area contributed by atoms with Crippen LogP contribution in [-0.2, 0) is 6.18 Å². The van der Waals surface area contributed by atoms with E-state index in [2.05, 4.69) is 4.90 Å². The molecule has 3 aromatic carbocycles. The lowest BCUT2D eigenvalue weighted by molar-refractivity contribution is -0.137. The third kappa shape index (κ3) is 4.36. The van der Waals surface area contributed by atoms with Gasteiger partial charge in [0, 0.05) is 35.2 Å². The molecule has 10 heteroatoms. The standard InChI is InChI=1S/C31H23Cl2F3N4O/c32-21-12-8-19(9-13-21)27-28(22-4-1-2-5-23(22)33)38-40-24(18-6-10-20(11-7-18)31(34,35)36)16-26(37-29(27)40)39-15-3-14-30(39)17-25(30)41/h1-2,4-13,16,25,41H,3,14-15,17H2/t25?,30-/m1/s1. The van der Waals surface area contributed by atoms with Gasteiger partial charge in [0.1, 0.15) is 11.5 Å². The monoisotopic (exact) mass is 594 g/mol. The number of alkyl halides is 3. The molecule has 3 heterocycles. The van der Waals surface area contributed by atoms with Gasteiger partial charge < -0.3 is 10.0 Å². The third-order valence-electron chi connectivity index (χ3n) is 8.16. The Labute approximate surface area is 243 Å². The highest BCUT2D eigenvalue weighted by atomic mass is 35.5. The molecule has 1 aliphatic heterocycles. The number of aliphatic hydroxyl groups is 1. The summed E-state index contributed by atoms with van der Waals surface area (Å²) in [7, 11) is 0. The molecule has 1 saturated heterocycles. The molecule has 41 heavy (non-hydrogen) atoms. The van der Waals surface area contributed by atoms with Crippen molar-refractivity contribution in [1.82, 2.24) is 14.6 Å². The number of nitrogens with zero attached hydrogens (tertiary/aromatic N) is 4. The molecular weight excluding hydrogens is 572 g/mol. The first-order chi connectivity index (χ1) is 19.7. The van der Waals surface area contributed by atoms with Gasteiger partial charge in [-0.25, -0.2) is 9.50 Å². The van der Waals surface area contributed by atoms with Crippen LogP contribution < -0.4 is 4.90 Å². The van der Waals surface area contributed by atoms with E-state index < -0.39 is 17.8 Å². The molecule has 7 rings (SSSR count). The SMILES string of the molecule is OC1C[C@]12CCCN2c1cc(-c2ccc(C(F)(F)F)cc2)n2nc(-c3ccccc3Cl)c(-c3ccc(Cl)cc3)c2n1. The van der Waals surface area contributed by atoms with Gasteiger partial charge in [0.2, 0.25) is 0 Å². The summed E-state index contributed by atoms with van der Waals surface area (Å²) in [5.74, 6) is 0.641. The summed E-state index contributed by atoms with van der Waals surface area (Å²) < 4.78 is 41.8. The van der Waals surface area contributed by atoms with Crippen molar-refractivity contribution in [3.8, 4) is 33.6 Å². The van der Waals surface area contributed by atoms with Crippen LogP contribution in [-0.4, -0.2) is 37.9 Å². The van der Waals surface area contributed by atoms with E-state index in [-0.39, 0.29) is 5.54 Å². The Kier molecular flexibility index (Phi) is 6.08. The number of halogens is 5. The van der Waals surface area contributed by atoms with Crippen molar-refractivity contribution in [3.05, 3.63) is 94.5 Å². The Bertz CT molecular complexity index is 1790. The first kappa shape index (κ1) is 26.3. The second kappa shape index (κ2) is 9.48. The van der Waals surface area contributed by atoms with Crippen LogP contribution in [0.25, 0.3) is 39.3 Å². The Balaban J connectivity index is 1.53. The summed E-state index contributed by atoms with van der Waals surface area (Å²) in [4.78, 5) is 7.24. The molecule has 0 amide bonds. The topological polar surface area (TPSA) is 53.7 Å². The minimum Gasteiger partial charge on any atom is -0.391 e. The maximum absolute atomic E-state index is 13.4. The molecule has 1 saturated carbocycles. The van der Waals surface area contributed by atoms with Gasteiger partial charge in [-0.2, -0.15) is 18.3 Å². The average molecular weight is 595 g/mol. The Morgan fingerprint density at radius 1 is 0.927 bits per heavy atom.